The second kappa shape index (κ2) is 7.96. The van der Waals surface area contributed by atoms with Gasteiger partial charge in [0.05, 0.1) is 21.7 Å². The molecule has 0 heterocycles. The lowest BCUT2D eigenvalue weighted by Gasteiger charge is -2.32. The van der Waals surface area contributed by atoms with E-state index in [1.54, 1.807) is 48.5 Å². The molecule has 0 bridgehead atoms. The lowest BCUT2D eigenvalue weighted by molar-refractivity contribution is -0.185. The van der Waals surface area contributed by atoms with Gasteiger partial charge < -0.3 is 4.74 Å². The predicted octanol–water partition coefficient (Wildman–Crippen LogP) is 3.73. The molecule has 0 saturated heterocycles. The molecule has 4 nitrogen and oxygen atoms in total. The highest BCUT2D eigenvalue weighted by Crippen LogP contribution is 2.31. The van der Waals surface area contributed by atoms with E-state index in [4.69, 9.17) is 4.74 Å². The number of nitrogens with one attached hydrogen (secondary N) is 1. The van der Waals surface area contributed by atoms with Crippen molar-refractivity contribution < 1.29 is 26.9 Å². The van der Waals surface area contributed by atoms with E-state index in [0.717, 1.165) is 0 Å². The standard InChI is InChI=1S/C15H28F3NO3S/c1-8-9-10(12(20)22-13(2,3)4)11(15(16,17)18)19-23(21)14(5,6)7/h10-11,19H,8-9H2,1-7H3/t10-,11-,23-/m0/s1. The average molecular weight is 359 g/mol. The van der Waals surface area contributed by atoms with E-state index in [1.807, 2.05) is 0 Å². The third-order valence-electron chi connectivity index (χ3n) is 2.85. The summed E-state index contributed by atoms with van der Waals surface area (Å²) in [6, 6.07) is -2.21. The largest absolute Gasteiger partial charge is 0.460 e. The summed E-state index contributed by atoms with van der Waals surface area (Å²) in [5.41, 5.74) is -0.887. The summed E-state index contributed by atoms with van der Waals surface area (Å²) >= 11 is 0. The monoisotopic (exact) mass is 359 g/mol. The van der Waals surface area contributed by atoms with Gasteiger partial charge in [-0.3, -0.25) is 4.79 Å². The summed E-state index contributed by atoms with van der Waals surface area (Å²) in [6.07, 6.45) is -4.34. The fourth-order valence-electron chi connectivity index (χ4n) is 1.78. The fourth-order valence-corrected chi connectivity index (χ4v) is 2.66. The van der Waals surface area contributed by atoms with Gasteiger partial charge in [0.15, 0.2) is 0 Å². The first-order chi connectivity index (χ1) is 10.1. The van der Waals surface area contributed by atoms with Crippen molar-refractivity contribution in [3.63, 3.8) is 0 Å². The molecule has 138 valence electrons. The van der Waals surface area contributed by atoms with Crippen LogP contribution in [0.25, 0.3) is 0 Å². The molecular formula is C15H28F3NO3S. The molecule has 23 heavy (non-hydrogen) atoms. The van der Waals surface area contributed by atoms with E-state index in [9.17, 15) is 22.2 Å². The van der Waals surface area contributed by atoms with Crippen molar-refractivity contribution in [3.8, 4) is 0 Å². The highest BCUT2D eigenvalue weighted by molar-refractivity contribution is 7.84. The van der Waals surface area contributed by atoms with Crippen LogP contribution in [0.1, 0.15) is 61.3 Å². The summed E-state index contributed by atoms with van der Waals surface area (Å²) < 4.78 is 58.7. The summed E-state index contributed by atoms with van der Waals surface area (Å²) in [7, 11) is -1.96. The minimum absolute atomic E-state index is 0.00652. The van der Waals surface area contributed by atoms with Crippen LogP contribution >= 0.6 is 0 Å². The van der Waals surface area contributed by atoms with Crippen molar-refractivity contribution >= 4 is 17.0 Å². The number of esters is 1. The Morgan fingerprint density at radius 2 is 1.61 bits per heavy atom. The molecular weight excluding hydrogens is 331 g/mol. The molecule has 0 radical (unpaired) electrons. The Balaban J connectivity index is 5.52. The Labute approximate surface area is 139 Å². The van der Waals surface area contributed by atoms with E-state index in [0.29, 0.717) is 6.42 Å². The van der Waals surface area contributed by atoms with Crippen molar-refractivity contribution in [2.45, 2.75) is 83.9 Å². The maximum absolute atomic E-state index is 13.4. The van der Waals surface area contributed by atoms with Crippen molar-refractivity contribution in [2.75, 3.05) is 0 Å². The van der Waals surface area contributed by atoms with Gasteiger partial charge in [0.1, 0.15) is 11.6 Å². The van der Waals surface area contributed by atoms with Crippen LogP contribution in [-0.4, -0.2) is 32.7 Å². The first-order valence-electron chi connectivity index (χ1n) is 7.57. The fraction of sp³-hybridized carbons (Fsp3) is 0.933. The number of hydrogen-bond acceptors (Lipinski definition) is 3. The summed E-state index contributed by atoms with van der Waals surface area (Å²) in [4.78, 5) is 12.2. The molecule has 0 unspecified atom stereocenters. The zero-order valence-corrected chi connectivity index (χ0v) is 15.7. The number of rotatable bonds is 6. The van der Waals surface area contributed by atoms with E-state index < -0.39 is 45.4 Å². The zero-order chi connectivity index (χ0) is 18.6. The van der Waals surface area contributed by atoms with Crippen LogP contribution in [0.15, 0.2) is 0 Å². The Kier molecular flexibility index (Phi) is 7.74. The number of ether oxygens (including phenoxy) is 1. The number of alkyl halides is 3. The number of hydrogen-bond donors (Lipinski definition) is 1. The van der Waals surface area contributed by atoms with Crippen molar-refractivity contribution in [3.05, 3.63) is 0 Å². The lowest BCUT2D eigenvalue weighted by atomic mass is 9.94. The van der Waals surface area contributed by atoms with E-state index in [-0.39, 0.29) is 6.42 Å². The molecule has 0 spiro atoms. The van der Waals surface area contributed by atoms with Gasteiger partial charge in [0.2, 0.25) is 0 Å². The van der Waals surface area contributed by atoms with E-state index in [2.05, 4.69) is 4.72 Å². The molecule has 0 saturated carbocycles. The van der Waals surface area contributed by atoms with E-state index >= 15 is 0 Å². The average Bonchev–Trinajstić information content (AvgIpc) is 2.28. The zero-order valence-electron chi connectivity index (χ0n) is 14.8. The molecule has 0 aliphatic rings. The van der Waals surface area contributed by atoms with Gasteiger partial charge >= 0.3 is 12.1 Å². The Morgan fingerprint density at radius 3 is 1.91 bits per heavy atom. The predicted molar refractivity (Wildman–Crippen MR) is 85.1 cm³/mol. The van der Waals surface area contributed by atoms with Crippen LogP contribution in [0.5, 0.6) is 0 Å². The molecule has 1 N–H and O–H groups in total. The van der Waals surface area contributed by atoms with Gasteiger partial charge in [0.25, 0.3) is 0 Å². The normalized spacial score (nSPS) is 17.5. The van der Waals surface area contributed by atoms with Crippen LogP contribution in [0, 0.1) is 5.92 Å². The third-order valence-corrected chi connectivity index (χ3v) is 4.43. The van der Waals surface area contributed by atoms with Crippen LogP contribution in [-0.2, 0) is 20.5 Å². The molecule has 0 fully saturated rings. The molecule has 0 aromatic rings. The molecule has 8 heteroatoms. The Morgan fingerprint density at radius 1 is 1.13 bits per heavy atom. The summed E-state index contributed by atoms with van der Waals surface area (Å²) in [5, 5.41) is 0. The summed E-state index contributed by atoms with van der Waals surface area (Å²) in [6.45, 7) is 11.2. The van der Waals surface area contributed by atoms with Gasteiger partial charge in [-0.15, -0.1) is 0 Å². The van der Waals surface area contributed by atoms with Gasteiger partial charge in [0, 0.05) is 0 Å². The molecule has 0 aromatic heterocycles. The number of carbonyl (C=O) groups is 1. The van der Waals surface area contributed by atoms with Gasteiger partial charge in [-0.2, -0.15) is 13.2 Å². The number of halogens is 3. The smallest absolute Gasteiger partial charge is 0.405 e. The Bertz CT molecular complexity index is 425. The molecule has 0 aliphatic carbocycles. The maximum atomic E-state index is 13.4. The molecule has 0 aliphatic heterocycles. The molecule has 0 rings (SSSR count). The minimum atomic E-state index is -4.71. The van der Waals surface area contributed by atoms with Crippen LogP contribution in [0.4, 0.5) is 13.2 Å². The number of carbonyl (C=O) groups excluding carboxylic acids is 1. The topological polar surface area (TPSA) is 55.4 Å². The van der Waals surface area contributed by atoms with Gasteiger partial charge in [-0.05, 0) is 48.0 Å². The quantitative estimate of drug-likeness (QED) is 0.735. The molecule has 0 amide bonds. The van der Waals surface area contributed by atoms with Crippen LogP contribution in [0.2, 0.25) is 0 Å². The summed E-state index contributed by atoms with van der Waals surface area (Å²) in [5.74, 6) is -2.37. The lowest BCUT2D eigenvalue weighted by Crippen LogP contribution is -2.54. The second-order valence-electron chi connectivity index (χ2n) is 7.45. The molecule has 3 atom stereocenters. The highest BCUT2D eigenvalue weighted by Gasteiger charge is 2.49. The van der Waals surface area contributed by atoms with Crippen molar-refractivity contribution in [2.24, 2.45) is 5.92 Å². The highest BCUT2D eigenvalue weighted by atomic mass is 32.2. The van der Waals surface area contributed by atoms with Crippen LogP contribution in [0.3, 0.4) is 0 Å². The van der Waals surface area contributed by atoms with Crippen molar-refractivity contribution in [1.29, 1.82) is 0 Å². The maximum Gasteiger partial charge on any atom is 0.405 e. The van der Waals surface area contributed by atoms with Gasteiger partial charge in [-0.1, -0.05) is 13.3 Å². The minimum Gasteiger partial charge on any atom is -0.460 e. The second-order valence-corrected chi connectivity index (χ2v) is 9.44. The third kappa shape index (κ3) is 8.15. The van der Waals surface area contributed by atoms with Crippen molar-refractivity contribution in [1.82, 2.24) is 4.72 Å². The van der Waals surface area contributed by atoms with Gasteiger partial charge in [-0.25, -0.2) is 8.93 Å². The van der Waals surface area contributed by atoms with E-state index in [1.165, 1.54) is 0 Å². The SMILES string of the molecule is CCC[C@H](C(=O)OC(C)(C)C)[C@H](N[S@@](=O)C(C)(C)C)C(F)(F)F. The Hall–Kier alpha value is -0.630. The van der Waals surface area contributed by atoms with Crippen LogP contribution < -0.4 is 4.72 Å². The molecule has 0 aromatic carbocycles. The first kappa shape index (κ1) is 22.4. The first-order valence-corrected chi connectivity index (χ1v) is 8.72.